The van der Waals surface area contributed by atoms with Crippen molar-refractivity contribution in [1.82, 2.24) is 0 Å². The van der Waals surface area contributed by atoms with Gasteiger partial charge in [0.2, 0.25) is 0 Å². The number of benzene rings is 1. The summed E-state index contributed by atoms with van der Waals surface area (Å²) in [6, 6.07) is 9.70. The average molecular weight is 369 g/mol. The molecule has 1 aliphatic carbocycles. The van der Waals surface area contributed by atoms with Gasteiger partial charge < -0.3 is 10.1 Å². The molecule has 0 atom stereocenters. The fraction of sp³-hybridized carbons (Fsp3) is 0.333. The van der Waals surface area contributed by atoms with E-state index in [1.807, 2.05) is 36.4 Å². The molecule has 1 aromatic carbocycles. The lowest BCUT2D eigenvalue weighted by Gasteiger charge is -2.12. The van der Waals surface area contributed by atoms with Crippen LogP contribution in [-0.4, -0.2) is 18.5 Å². The molecule has 2 aromatic rings. The van der Waals surface area contributed by atoms with Crippen molar-refractivity contribution in [1.29, 1.82) is 0 Å². The summed E-state index contributed by atoms with van der Waals surface area (Å²) in [4.78, 5) is 26.3. The van der Waals surface area contributed by atoms with Gasteiger partial charge in [-0.05, 0) is 56.7 Å². The zero-order valence-corrected chi connectivity index (χ0v) is 15.9. The van der Waals surface area contributed by atoms with Crippen molar-refractivity contribution in [2.75, 3.05) is 11.9 Å². The Kier molecular flexibility index (Phi) is 5.89. The van der Waals surface area contributed by atoms with Crippen LogP contribution in [0.15, 0.2) is 35.9 Å². The van der Waals surface area contributed by atoms with Crippen molar-refractivity contribution in [3.05, 3.63) is 57.5 Å². The third-order valence-corrected chi connectivity index (χ3v) is 5.63. The monoisotopic (exact) mass is 369 g/mol. The molecule has 26 heavy (non-hydrogen) atoms. The van der Waals surface area contributed by atoms with E-state index in [1.165, 1.54) is 16.2 Å². The predicted molar refractivity (Wildman–Crippen MR) is 106 cm³/mol. The molecule has 1 aliphatic rings. The normalized spacial score (nSPS) is 13.8. The fourth-order valence-corrected chi connectivity index (χ4v) is 4.41. The quantitative estimate of drug-likeness (QED) is 0.606. The van der Waals surface area contributed by atoms with E-state index in [0.717, 1.165) is 36.8 Å². The summed E-state index contributed by atoms with van der Waals surface area (Å²) in [5, 5.41) is 3.55. The molecule has 136 valence electrons. The number of rotatable bonds is 5. The van der Waals surface area contributed by atoms with E-state index in [-0.39, 0.29) is 11.9 Å². The second kappa shape index (κ2) is 8.32. The predicted octanol–water partition coefficient (Wildman–Crippen LogP) is 4.85. The van der Waals surface area contributed by atoms with Crippen molar-refractivity contribution in [2.45, 2.75) is 39.5 Å². The summed E-state index contributed by atoms with van der Waals surface area (Å²) in [5.41, 5.74) is 3.17. The number of carbonyl (C=O) groups excluding carboxylic acids is 2. The minimum atomic E-state index is -0.341. The minimum absolute atomic E-state index is 0.196. The van der Waals surface area contributed by atoms with Crippen LogP contribution in [-0.2, 0) is 22.4 Å². The third-order valence-electron chi connectivity index (χ3n) is 4.42. The molecule has 1 N–H and O–H groups in total. The first-order valence-corrected chi connectivity index (χ1v) is 9.78. The van der Waals surface area contributed by atoms with Gasteiger partial charge in [-0.25, -0.2) is 4.79 Å². The molecule has 1 heterocycles. The second-order valence-electron chi connectivity index (χ2n) is 6.33. The lowest BCUT2D eigenvalue weighted by Crippen LogP contribution is -2.16. The lowest BCUT2D eigenvalue weighted by atomic mass is 9.95. The van der Waals surface area contributed by atoms with Crippen molar-refractivity contribution >= 4 is 34.3 Å². The van der Waals surface area contributed by atoms with Crippen molar-refractivity contribution in [2.24, 2.45) is 0 Å². The van der Waals surface area contributed by atoms with E-state index in [9.17, 15) is 9.59 Å². The van der Waals surface area contributed by atoms with Crippen LogP contribution in [0.1, 0.15) is 53.1 Å². The van der Waals surface area contributed by atoms with Gasteiger partial charge in [0.1, 0.15) is 5.00 Å². The van der Waals surface area contributed by atoms with Gasteiger partial charge in [-0.1, -0.05) is 30.3 Å². The number of amides is 1. The summed E-state index contributed by atoms with van der Waals surface area (Å²) >= 11 is 1.51. The van der Waals surface area contributed by atoms with Crippen LogP contribution in [0.4, 0.5) is 5.00 Å². The highest BCUT2D eigenvalue weighted by Gasteiger charge is 2.27. The van der Waals surface area contributed by atoms with Gasteiger partial charge in [-0.15, -0.1) is 11.3 Å². The molecule has 0 bridgehead atoms. The fourth-order valence-electron chi connectivity index (χ4n) is 3.14. The van der Waals surface area contributed by atoms with Crippen LogP contribution in [0.3, 0.4) is 0 Å². The maximum Gasteiger partial charge on any atom is 0.341 e. The molecule has 0 unspecified atom stereocenters. The zero-order valence-electron chi connectivity index (χ0n) is 15.1. The number of fused-ring (bicyclic) bond motifs is 1. The number of anilines is 1. The number of esters is 1. The molecule has 0 radical (unpaired) electrons. The number of hydrogen-bond acceptors (Lipinski definition) is 4. The maximum absolute atomic E-state index is 12.6. The summed E-state index contributed by atoms with van der Waals surface area (Å²) in [6.07, 6.45) is 5.86. The van der Waals surface area contributed by atoms with E-state index in [1.54, 1.807) is 13.8 Å². The van der Waals surface area contributed by atoms with Crippen LogP contribution >= 0.6 is 11.3 Å². The first kappa shape index (κ1) is 18.4. The Bertz CT molecular complexity index is 836. The molecule has 1 amide bonds. The number of thiophene rings is 1. The lowest BCUT2D eigenvalue weighted by molar-refractivity contribution is -0.112. The summed E-state index contributed by atoms with van der Waals surface area (Å²) in [7, 11) is 0. The van der Waals surface area contributed by atoms with E-state index < -0.39 is 0 Å². The Labute approximate surface area is 157 Å². The molecule has 1 aromatic heterocycles. The van der Waals surface area contributed by atoms with Crippen LogP contribution in [0.2, 0.25) is 0 Å². The van der Waals surface area contributed by atoms with Gasteiger partial charge in [-0.2, -0.15) is 0 Å². The molecule has 3 rings (SSSR count). The van der Waals surface area contributed by atoms with Gasteiger partial charge in [0.25, 0.3) is 5.91 Å². The number of ether oxygens (including phenoxy) is 1. The van der Waals surface area contributed by atoms with Gasteiger partial charge in [0.15, 0.2) is 0 Å². The molecule has 4 nitrogen and oxygen atoms in total. The zero-order chi connectivity index (χ0) is 18.5. The highest BCUT2D eigenvalue weighted by atomic mass is 32.1. The van der Waals surface area contributed by atoms with Gasteiger partial charge in [-0.3, -0.25) is 4.79 Å². The second-order valence-corrected chi connectivity index (χ2v) is 7.43. The molecule has 5 heteroatoms. The Morgan fingerprint density at radius 2 is 1.92 bits per heavy atom. The molecule has 0 fully saturated rings. The van der Waals surface area contributed by atoms with Crippen molar-refractivity contribution in [3.8, 4) is 0 Å². The topological polar surface area (TPSA) is 55.4 Å². The Morgan fingerprint density at radius 3 is 2.65 bits per heavy atom. The van der Waals surface area contributed by atoms with Crippen molar-refractivity contribution < 1.29 is 14.3 Å². The van der Waals surface area contributed by atoms with E-state index >= 15 is 0 Å². The first-order chi connectivity index (χ1) is 12.6. The highest BCUT2D eigenvalue weighted by molar-refractivity contribution is 7.17. The summed E-state index contributed by atoms with van der Waals surface area (Å²) in [6.45, 7) is 3.89. The number of aryl methyl sites for hydroxylation is 1. The SMILES string of the molecule is CCOC(=O)c1c(NC(=O)C(C)=Cc2ccccc2)sc2c1CCCC2. The van der Waals surface area contributed by atoms with Crippen molar-refractivity contribution in [3.63, 3.8) is 0 Å². The summed E-state index contributed by atoms with van der Waals surface area (Å²) < 4.78 is 5.23. The van der Waals surface area contributed by atoms with E-state index in [4.69, 9.17) is 4.74 Å². The number of hydrogen-bond donors (Lipinski definition) is 1. The number of nitrogens with one attached hydrogen (secondary N) is 1. The summed E-state index contributed by atoms with van der Waals surface area (Å²) in [5.74, 6) is -0.537. The maximum atomic E-state index is 12.6. The Balaban J connectivity index is 1.87. The van der Waals surface area contributed by atoms with Crippen LogP contribution in [0, 0.1) is 0 Å². The largest absolute Gasteiger partial charge is 0.462 e. The molecule has 0 saturated heterocycles. The molecular formula is C21H23NO3S. The van der Waals surface area contributed by atoms with Gasteiger partial charge in [0.05, 0.1) is 12.2 Å². The molecule has 0 saturated carbocycles. The first-order valence-electron chi connectivity index (χ1n) is 8.96. The van der Waals surface area contributed by atoms with Gasteiger partial charge >= 0.3 is 5.97 Å². The molecular weight excluding hydrogens is 346 g/mol. The number of carbonyl (C=O) groups is 2. The standard InChI is InChI=1S/C21H23NO3S/c1-3-25-21(24)18-16-11-7-8-12-17(16)26-20(18)22-19(23)14(2)13-15-9-5-4-6-10-15/h4-6,9-10,13H,3,7-8,11-12H2,1-2H3,(H,22,23). The third kappa shape index (κ3) is 4.05. The van der Waals surface area contributed by atoms with Crippen LogP contribution < -0.4 is 5.32 Å². The van der Waals surface area contributed by atoms with E-state index in [2.05, 4.69) is 5.32 Å². The highest BCUT2D eigenvalue weighted by Crippen LogP contribution is 2.38. The average Bonchev–Trinajstić information content (AvgIpc) is 3.00. The van der Waals surface area contributed by atoms with E-state index in [0.29, 0.717) is 22.7 Å². The smallest absolute Gasteiger partial charge is 0.341 e. The Hall–Kier alpha value is -2.40. The van der Waals surface area contributed by atoms with Gasteiger partial charge in [0, 0.05) is 10.5 Å². The molecule has 0 aliphatic heterocycles. The Morgan fingerprint density at radius 1 is 1.19 bits per heavy atom. The van der Waals surface area contributed by atoms with Crippen LogP contribution in [0.5, 0.6) is 0 Å². The molecule has 0 spiro atoms. The van der Waals surface area contributed by atoms with Crippen LogP contribution in [0.25, 0.3) is 6.08 Å². The minimum Gasteiger partial charge on any atom is -0.462 e.